The zero-order valence-corrected chi connectivity index (χ0v) is 29.6. The Morgan fingerprint density at radius 1 is 1.02 bits per heavy atom. The second-order valence-electron chi connectivity index (χ2n) is 13.0. The van der Waals surface area contributed by atoms with Crippen LogP contribution in [-0.2, 0) is 5.92 Å². The van der Waals surface area contributed by atoms with Crippen LogP contribution in [0.25, 0.3) is 0 Å². The van der Waals surface area contributed by atoms with Crippen molar-refractivity contribution in [3.8, 4) is 6.07 Å². The third-order valence-corrected chi connectivity index (χ3v) is 9.71. The summed E-state index contributed by atoms with van der Waals surface area (Å²) in [5, 5.41) is 13.2. The summed E-state index contributed by atoms with van der Waals surface area (Å²) in [7, 11) is 5.94. The number of nitrogens with one attached hydrogen (secondary N) is 1. The maximum Gasteiger partial charge on any atom is 0.276 e. The van der Waals surface area contributed by atoms with Gasteiger partial charge in [-0.2, -0.15) is 5.26 Å². The molecule has 4 rings (SSSR count). The second-order valence-corrected chi connectivity index (χ2v) is 13.0. The number of likely N-dealkylation sites (N-methyl/N-ethyl adjacent to an activating group) is 1. The van der Waals surface area contributed by atoms with E-state index < -0.39 is 35.2 Å². The number of nitrogens with zero attached hydrogens (tertiary/aromatic N) is 5. The van der Waals surface area contributed by atoms with Crippen LogP contribution in [0.5, 0.6) is 0 Å². The molecule has 2 atom stereocenters. The van der Waals surface area contributed by atoms with Gasteiger partial charge in [0.25, 0.3) is 5.92 Å². The van der Waals surface area contributed by atoms with Crippen LogP contribution in [0.4, 0.5) is 13.2 Å². The molecule has 0 radical (unpaired) electrons. The highest BCUT2D eigenvalue weighted by atomic mass is 19.3. The summed E-state index contributed by atoms with van der Waals surface area (Å²) >= 11 is 0. The maximum absolute atomic E-state index is 15.9. The SMILES string of the molecule is C=CNC1=N[C@H](C)c2cccc(c2F)C(F)(F)CCCN(C)C(C)CCCCCCN(C)C2=C1C=C(C1(C#N)CC1)C(=C)N2C.CC. The number of hydrogen-bond donors (Lipinski definition) is 1. The van der Waals surface area contributed by atoms with Crippen molar-refractivity contribution in [1.82, 2.24) is 20.0 Å². The van der Waals surface area contributed by atoms with Gasteiger partial charge in [0, 0.05) is 44.4 Å². The minimum atomic E-state index is -3.31. The normalized spacial score (nSPS) is 24.3. The highest BCUT2D eigenvalue weighted by Gasteiger charge is 2.49. The Morgan fingerprint density at radius 3 is 2.34 bits per heavy atom. The summed E-state index contributed by atoms with van der Waals surface area (Å²) in [6.07, 6.45) is 10.0. The first-order valence-corrected chi connectivity index (χ1v) is 17.2. The van der Waals surface area contributed by atoms with E-state index in [9.17, 15) is 5.26 Å². The third kappa shape index (κ3) is 8.70. The topological polar surface area (TPSA) is 57.9 Å². The number of nitriles is 1. The summed E-state index contributed by atoms with van der Waals surface area (Å²) < 4.78 is 46.9. The fraction of sp³-hybridized carbons (Fsp3) is 0.579. The van der Waals surface area contributed by atoms with Crippen LogP contribution in [-0.4, -0.2) is 60.8 Å². The third-order valence-electron chi connectivity index (χ3n) is 9.71. The largest absolute Gasteiger partial charge is 0.360 e. The van der Waals surface area contributed by atoms with Crippen molar-refractivity contribution in [2.75, 3.05) is 34.2 Å². The standard InChI is InChI=1S/C36H49F3N6.C2H6/c1-8-41-33-29-23-31(35(24-40)19-20-35)27(4)45(7)34(29)44(6)21-12-10-9-11-15-25(2)43(5)22-14-18-36(38,39)30-17-13-16-28(32(30)37)26(3)42-33;1-2/h8,13,16-17,23,25-26H,1,4,9-12,14-15,18-22H2,2-3,5-7H3,(H,41,42);1-2H3/t25?,26-;/m1./s1. The molecule has 2 heterocycles. The zero-order valence-electron chi connectivity index (χ0n) is 29.6. The number of fused-ring (bicyclic) bond motifs is 2. The van der Waals surface area contributed by atoms with Crippen LogP contribution < -0.4 is 5.32 Å². The Morgan fingerprint density at radius 2 is 1.70 bits per heavy atom. The lowest BCUT2D eigenvalue weighted by Crippen LogP contribution is -2.38. The quantitative estimate of drug-likeness (QED) is 0.346. The smallest absolute Gasteiger partial charge is 0.276 e. The number of aliphatic imine (C=N–C) groups is 1. The molecule has 1 aromatic carbocycles. The average Bonchev–Trinajstić information content (AvgIpc) is 3.85. The first-order valence-electron chi connectivity index (χ1n) is 17.2. The van der Waals surface area contributed by atoms with Gasteiger partial charge in [0.15, 0.2) is 0 Å². The van der Waals surface area contributed by atoms with E-state index in [0.717, 1.165) is 74.2 Å². The lowest BCUT2D eigenvalue weighted by atomic mass is 9.89. The van der Waals surface area contributed by atoms with Gasteiger partial charge in [-0.3, -0.25) is 4.99 Å². The summed E-state index contributed by atoms with van der Waals surface area (Å²) in [6.45, 7) is 17.4. The molecule has 47 heavy (non-hydrogen) atoms. The van der Waals surface area contributed by atoms with Crippen molar-refractivity contribution < 1.29 is 13.2 Å². The molecule has 1 N–H and O–H groups in total. The lowest BCUT2D eigenvalue weighted by molar-refractivity contribution is -0.0210. The van der Waals surface area contributed by atoms with Gasteiger partial charge in [0.2, 0.25) is 0 Å². The van der Waals surface area contributed by atoms with E-state index in [1.165, 1.54) is 24.4 Å². The van der Waals surface area contributed by atoms with Crippen LogP contribution in [0.15, 0.2) is 71.3 Å². The van der Waals surface area contributed by atoms with Crippen molar-refractivity contribution in [3.63, 3.8) is 0 Å². The maximum atomic E-state index is 15.9. The molecule has 1 fully saturated rings. The summed E-state index contributed by atoms with van der Waals surface area (Å²) in [6, 6.07) is 6.16. The summed E-state index contributed by atoms with van der Waals surface area (Å²) in [5.74, 6) is -2.97. The molecule has 6 nitrogen and oxygen atoms in total. The Kier molecular flexibility index (Phi) is 13.4. The second kappa shape index (κ2) is 16.5. The minimum absolute atomic E-state index is 0.0936. The Balaban J connectivity index is 0.00000294. The molecule has 258 valence electrons. The number of benzene rings is 1. The van der Waals surface area contributed by atoms with Gasteiger partial charge >= 0.3 is 0 Å². The molecule has 0 aromatic heterocycles. The average molecular weight is 653 g/mol. The van der Waals surface area contributed by atoms with Gasteiger partial charge in [-0.05, 0) is 77.4 Å². The van der Waals surface area contributed by atoms with Gasteiger partial charge in [0.1, 0.15) is 17.5 Å². The predicted molar refractivity (Wildman–Crippen MR) is 187 cm³/mol. The van der Waals surface area contributed by atoms with E-state index in [2.05, 4.69) is 41.3 Å². The van der Waals surface area contributed by atoms with E-state index in [1.54, 1.807) is 6.92 Å². The van der Waals surface area contributed by atoms with Crippen molar-refractivity contribution >= 4 is 5.84 Å². The number of allylic oxidation sites excluding steroid dienone is 1. The molecule has 2 aliphatic heterocycles. The van der Waals surface area contributed by atoms with Crippen LogP contribution in [0.2, 0.25) is 0 Å². The van der Waals surface area contributed by atoms with Crippen LogP contribution in [0.1, 0.15) is 103 Å². The van der Waals surface area contributed by atoms with Crippen molar-refractivity contribution in [2.24, 2.45) is 10.4 Å². The van der Waals surface area contributed by atoms with E-state index in [1.807, 2.05) is 46.0 Å². The van der Waals surface area contributed by atoms with Gasteiger partial charge in [-0.25, -0.2) is 13.2 Å². The van der Waals surface area contributed by atoms with Crippen molar-refractivity contribution in [2.45, 2.75) is 103 Å². The molecule has 9 heteroatoms. The number of alkyl halides is 2. The molecule has 1 unspecified atom stereocenters. The summed E-state index contributed by atoms with van der Waals surface area (Å²) in [4.78, 5) is 11.2. The molecule has 3 aliphatic rings. The Labute approximate surface area is 281 Å². The number of amidine groups is 1. The first-order chi connectivity index (χ1) is 22.4. The van der Waals surface area contributed by atoms with Gasteiger partial charge < -0.3 is 20.0 Å². The zero-order chi connectivity index (χ0) is 34.9. The first kappa shape index (κ1) is 37.9. The van der Waals surface area contributed by atoms with Gasteiger partial charge in [-0.15, -0.1) is 0 Å². The van der Waals surface area contributed by atoms with Crippen molar-refractivity contribution in [1.29, 1.82) is 5.26 Å². The molecule has 1 saturated carbocycles. The van der Waals surface area contributed by atoms with Crippen LogP contribution in [0, 0.1) is 22.6 Å². The molecule has 0 amide bonds. The molecular weight excluding hydrogens is 597 g/mol. The van der Waals surface area contributed by atoms with Crippen molar-refractivity contribution in [3.05, 3.63) is 83.2 Å². The predicted octanol–water partition coefficient (Wildman–Crippen LogP) is 9.03. The number of hydrogen-bond acceptors (Lipinski definition) is 6. The van der Waals surface area contributed by atoms with Crippen LogP contribution >= 0.6 is 0 Å². The van der Waals surface area contributed by atoms with Gasteiger partial charge in [-0.1, -0.05) is 64.5 Å². The molecule has 1 aliphatic carbocycles. The van der Waals surface area contributed by atoms with E-state index >= 15 is 13.2 Å². The van der Waals surface area contributed by atoms with E-state index in [4.69, 9.17) is 4.99 Å². The fourth-order valence-corrected chi connectivity index (χ4v) is 6.47. The monoisotopic (exact) mass is 652 g/mol. The number of halogens is 3. The minimum Gasteiger partial charge on any atom is -0.360 e. The molecule has 0 spiro atoms. The Hall–Kier alpha value is -3.51. The van der Waals surface area contributed by atoms with Crippen LogP contribution in [0.3, 0.4) is 0 Å². The highest BCUT2D eigenvalue weighted by molar-refractivity contribution is 6.03. The fourth-order valence-electron chi connectivity index (χ4n) is 6.47. The van der Waals surface area contributed by atoms with E-state index in [-0.39, 0.29) is 18.0 Å². The molecule has 1 aromatic rings. The van der Waals surface area contributed by atoms with Gasteiger partial charge in [0.05, 0.1) is 28.7 Å². The highest BCUT2D eigenvalue weighted by Crippen LogP contribution is 2.55. The molecule has 0 saturated heterocycles. The molecule has 2 bridgehead atoms. The lowest BCUT2D eigenvalue weighted by Gasteiger charge is -2.39. The van der Waals surface area contributed by atoms with E-state index in [0.29, 0.717) is 12.4 Å². The Bertz CT molecular complexity index is 1400. The molecular formula is C38H55F3N6. The summed E-state index contributed by atoms with van der Waals surface area (Å²) in [5.41, 5.74) is 1.21. The number of rotatable bonds is 2.